The van der Waals surface area contributed by atoms with Crippen molar-refractivity contribution >= 4 is 17.7 Å². The fraction of sp³-hybridized carbons (Fsp3) is 0.250. The van der Waals surface area contributed by atoms with Crippen LogP contribution in [0.15, 0.2) is 103 Å². The molecule has 4 aromatic rings. The van der Waals surface area contributed by atoms with Crippen LogP contribution in [0.2, 0.25) is 0 Å². The number of ketones is 1. The smallest absolute Gasteiger partial charge is 0.338 e. The number of methoxy groups -OCH3 is 1. The molecule has 218 valence electrons. The third-order valence-electron chi connectivity index (χ3n) is 6.44. The number of Topliss-reactive ketones (excluding diaryl/α,β-unsaturated/α-hetero) is 1. The van der Waals surface area contributed by atoms with Gasteiger partial charge < -0.3 is 14.2 Å². The molecule has 0 saturated carbocycles. The number of ether oxygens (including phenoxy) is 3. The summed E-state index contributed by atoms with van der Waals surface area (Å²) >= 11 is 0. The molecular formula is C36H38O6. The number of rotatable bonds is 12. The standard InChI is InChI=1S/C26H26O4.C10H12O2/c1-19(27)23-15-16-25(30-18-21-7-4-3-5-8-21)24(17-23)10-6-9-20-11-13-22(14-12-20)26(28)29-2;1-2-8-12-10(11)9-6-4-3-5-7-9/h3-5,7-8,11-17H,6,9-10,18H2,1-2H3;3-7H,2,8H2,1H3. The van der Waals surface area contributed by atoms with E-state index < -0.39 is 0 Å². The number of hydrogen-bond acceptors (Lipinski definition) is 6. The highest BCUT2D eigenvalue weighted by Gasteiger charge is 2.10. The van der Waals surface area contributed by atoms with Crippen molar-refractivity contribution in [3.8, 4) is 5.75 Å². The van der Waals surface area contributed by atoms with E-state index in [1.807, 2.05) is 85.8 Å². The molecule has 0 heterocycles. The third-order valence-corrected chi connectivity index (χ3v) is 6.44. The summed E-state index contributed by atoms with van der Waals surface area (Å²) < 4.78 is 15.7. The molecule has 0 amide bonds. The van der Waals surface area contributed by atoms with E-state index in [0.717, 1.165) is 48.1 Å². The molecule has 6 nitrogen and oxygen atoms in total. The highest BCUT2D eigenvalue weighted by molar-refractivity contribution is 5.94. The van der Waals surface area contributed by atoms with Gasteiger partial charge in [0.05, 0.1) is 24.8 Å². The molecule has 0 aliphatic rings. The van der Waals surface area contributed by atoms with E-state index in [9.17, 15) is 14.4 Å². The first kappa shape index (κ1) is 31.8. The normalized spacial score (nSPS) is 10.2. The van der Waals surface area contributed by atoms with Crippen molar-refractivity contribution in [2.45, 2.75) is 46.1 Å². The lowest BCUT2D eigenvalue weighted by Gasteiger charge is -2.13. The summed E-state index contributed by atoms with van der Waals surface area (Å²) in [5.74, 6) is 0.286. The topological polar surface area (TPSA) is 78.9 Å². The van der Waals surface area contributed by atoms with Crippen LogP contribution in [0.1, 0.15) is 74.5 Å². The van der Waals surface area contributed by atoms with Gasteiger partial charge in [0.15, 0.2) is 5.78 Å². The lowest BCUT2D eigenvalue weighted by atomic mass is 10.00. The predicted octanol–water partition coefficient (Wildman–Crippen LogP) is 7.68. The average Bonchev–Trinajstić information content (AvgIpc) is 3.04. The highest BCUT2D eigenvalue weighted by Crippen LogP contribution is 2.24. The number of hydrogen-bond donors (Lipinski definition) is 0. The van der Waals surface area contributed by atoms with Crippen LogP contribution >= 0.6 is 0 Å². The summed E-state index contributed by atoms with van der Waals surface area (Å²) in [5.41, 5.74) is 5.14. The van der Waals surface area contributed by atoms with E-state index in [4.69, 9.17) is 14.2 Å². The molecule has 0 saturated heterocycles. The molecule has 0 bridgehead atoms. The van der Waals surface area contributed by atoms with Gasteiger partial charge in [-0.2, -0.15) is 0 Å². The lowest BCUT2D eigenvalue weighted by Crippen LogP contribution is -2.05. The van der Waals surface area contributed by atoms with Gasteiger partial charge in [-0.15, -0.1) is 0 Å². The van der Waals surface area contributed by atoms with Crippen LogP contribution in [-0.2, 0) is 28.9 Å². The molecule has 0 unspecified atom stereocenters. The van der Waals surface area contributed by atoms with Crippen LogP contribution in [0.3, 0.4) is 0 Å². The largest absolute Gasteiger partial charge is 0.489 e. The molecule has 42 heavy (non-hydrogen) atoms. The fourth-order valence-corrected chi connectivity index (χ4v) is 4.13. The predicted molar refractivity (Wildman–Crippen MR) is 164 cm³/mol. The molecular weight excluding hydrogens is 528 g/mol. The van der Waals surface area contributed by atoms with Gasteiger partial charge in [-0.1, -0.05) is 67.6 Å². The zero-order valence-corrected chi connectivity index (χ0v) is 24.5. The third kappa shape index (κ3) is 10.4. The molecule has 0 radical (unpaired) electrons. The van der Waals surface area contributed by atoms with Crippen LogP contribution in [0.5, 0.6) is 5.75 Å². The van der Waals surface area contributed by atoms with Crippen molar-refractivity contribution in [2.75, 3.05) is 13.7 Å². The fourth-order valence-electron chi connectivity index (χ4n) is 4.13. The number of carbonyl (C=O) groups is 3. The SMILES string of the molecule is CCCOC(=O)c1ccccc1.COC(=O)c1ccc(CCCc2cc(C(C)=O)ccc2OCc2ccccc2)cc1. The number of esters is 2. The van der Waals surface area contributed by atoms with E-state index in [0.29, 0.717) is 29.9 Å². The van der Waals surface area contributed by atoms with Gasteiger partial charge in [-0.3, -0.25) is 4.79 Å². The Labute approximate surface area is 248 Å². The van der Waals surface area contributed by atoms with Gasteiger partial charge in [-0.25, -0.2) is 9.59 Å². The van der Waals surface area contributed by atoms with Crippen LogP contribution in [0.4, 0.5) is 0 Å². The maximum atomic E-state index is 11.8. The molecule has 4 rings (SSSR count). The maximum Gasteiger partial charge on any atom is 0.338 e. The van der Waals surface area contributed by atoms with Crippen LogP contribution in [0.25, 0.3) is 0 Å². The molecule has 0 atom stereocenters. The molecule has 4 aromatic carbocycles. The minimum Gasteiger partial charge on any atom is -0.489 e. The zero-order valence-electron chi connectivity index (χ0n) is 24.5. The molecule has 0 aliphatic heterocycles. The average molecular weight is 567 g/mol. The van der Waals surface area contributed by atoms with Gasteiger partial charge in [0, 0.05) is 5.56 Å². The highest BCUT2D eigenvalue weighted by atomic mass is 16.5. The first-order valence-corrected chi connectivity index (χ1v) is 14.1. The van der Waals surface area contributed by atoms with E-state index in [1.54, 1.807) is 31.2 Å². The van der Waals surface area contributed by atoms with Crippen LogP contribution < -0.4 is 4.74 Å². The van der Waals surface area contributed by atoms with E-state index in [-0.39, 0.29) is 17.7 Å². The number of benzene rings is 4. The zero-order chi connectivity index (χ0) is 30.2. The Hall–Kier alpha value is -4.71. The molecule has 0 fully saturated rings. The Balaban J connectivity index is 0.000000337. The minimum atomic E-state index is -0.331. The molecule has 0 aromatic heterocycles. The van der Waals surface area contributed by atoms with Gasteiger partial charge in [0.25, 0.3) is 0 Å². The van der Waals surface area contributed by atoms with Crippen LogP contribution in [0, 0.1) is 0 Å². The van der Waals surface area contributed by atoms with Gasteiger partial charge >= 0.3 is 11.9 Å². The summed E-state index contributed by atoms with van der Waals surface area (Å²) in [6, 6.07) is 32.1. The quantitative estimate of drug-likeness (QED) is 0.129. The summed E-state index contributed by atoms with van der Waals surface area (Å²) in [6.07, 6.45) is 3.42. The van der Waals surface area contributed by atoms with Crippen molar-refractivity contribution in [1.82, 2.24) is 0 Å². The van der Waals surface area contributed by atoms with Crippen molar-refractivity contribution in [2.24, 2.45) is 0 Å². The van der Waals surface area contributed by atoms with Crippen LogP contribution in [-0.4, -0.2) is 31.4 Å². The van der Waals surface area contributed by atoms with E-state index in [1.165, 1.54) is 7.11 Å². The summed E-state index contributed by atoms with van der Waals surface area (Å²) in [5, 5.41) is 0. The maximum absolute atomic E-state index is 11.8. The van der Waals surface area contributed by atoms with Crippen molar-refractivity contribution in [3.05, 3.63) is 137 Å². The number of carbonyl (C=O) groups excluding carboxylic acids is 3. The van der Waals surface area contributed by atoms with E-state index in [2.05, 4.69) is 0 Å². The summed E-state index contributed by atoms with van der Waals surface area (Å²) in [4.78, 5) is 34.5. The minimum absolute atomic E-state index is 0.0456. The molecule has 0 spiro atoms. The van der Waals surface area contributed by atoms with Crippen molar-refractivity contribution < 1.29 is 28.6 Å². The molecule has 0 aliphatic carbocycles. The Kier molecular flexibility index (Phi) is 13.0. The van der Waals surface area contributed by atoms with Gasteiger partial charge in [-0.05, 0) is 91.8 Å². The monoisotopic (exact) mass is 566 g/mol. The van der Waals surface area contributed by atoms with Crippen molar-refractivity contribution in [3.63, 3.8) is 0 Å². The second-order valence-corrected chi connectivity index (χ2v) is 9.70. The second-order valence-electron chi connectivity index (χ2n) is 9.70. The Morgan fingerprint density at radius 1 is 0.667 bits per heavy atom. The second kappa shape index (κ2) is 17.2. The van der Waals surface area contributed by atoms with Crippen molar-refractivity contribution in [1.29, 1.82) is 0 Å². The first-order chi connectivity index (χ1) is 20.4. The molecule has 0 N–H and O–H groups in total. The number of aryl methyl sites for hydroxylation is 2. The van der Waals surface area contributed by atoms with E-state index >= 15 is 0 Å². The summed E-state index contributed by atoms with van der Waals surface area (Å²) in [6.45, 7) is 4.53. The first-order valence-electron chi connectivity index (χ1n) is 14.1. The Morgan fingerprint density at radius 2 is 1.29 bits per heavy atom. The Bertz CT molecular complexity index is 1410. The van der Waals surface area contributed by atoms with Gasteiger partial charge in [0.1, 0.15) is 12.4 Å². The Morgan fingerprint density at radius 3 is 1.90 bits per heavy atom. The summed E-state index contributed by atoms with van der Waals surface area (Å²) in [7, 11) is 1.38. The van der Waals surface area contributed by atoms with Gasteiger partial charge in [0.2, 0.25) is 0 Å². The molecule has 6 heteroatoms. The lowest BCUT2D eigenvalue weighted by molar-refractivity contribution is 0.0504.